The zero-order valence-corrected chi connectivity index (χ0v) is 11.7. The molecule has 2 aromatic heterocycles. The summed E-state index contributed by atoms with van der Waals surface area (Å²) in [5, 5.41) is 3.09. The van der Waals surface area contributed by atoms with Crippen molar-refractivity contribution in [1.29, 1.82) is 0 Å². The number of imidazole rings is 1. The van der Waals surface area contributed by atoms with E-state index >= 15 is 0 Å². The maximum atomic E-state index is 5.67. The number of aromatic nitrogens is 3. The molecule has 0 radical (unpaired) electrons. The van der Waals surface area contributed by atoms with Crippen molar-refractivity contribution in [3.8, 4) is 0 Å². The molecule has 0 saturated carbocycles. The van der Waals surface area contributed by atoms with Crippen molar-refractivity contribution in [2.75, 3.05) is 11.9 Å². The summed E-state index contributed by atoms with van der Waals surface area (Å²) in [5.41, 5.74) is 5.22. The Hall–Kier alpha value is -2.30. The first kappa shape index (κ1) is 12.7. The highest BCUT2D eigenvalue weighted by atomic mass is 16.4. The first-order valence-electron chi connectivity index (χ1n) is 6.88. The van der Waals surface area contributed by atoms with E-state index in [9.17, 15) is 0 Å². The van der Waals surface area contributed by atoms with E-state index in [0.717, 1.165) is 41.9 Å². The van der Waals surface area contributed by atoms with Crippen LogP contribution in [0.15, 0.2) is 28.9 Å². The number of aryl methyl sites for hydroxylation is 3. The van der Waals surface area contributed by atoms with Crippen molar-refractivity contribution in [3.63, 3.8) is 0 Å². The van der Waals surface area contributed by atoms with Gasteiger partial charge in [0.25, 0.3) is 6.01 Å². The van der Waals surface area contributed by atoms with Crippen LogP contribution in [0, 0.1) is 6.92 Å². The molecule has 0 bridgehead atoms. The standard InChI is InChI=1S/C15H18N4O/c1-3-16-15-19-13-7-5-11(8-14(13)20-15)4-6-12-10(2)17-9-18-12/h5,7-9H,3-4,6H2,1-2H3,(H,16,19)(H,17,18). The molecule has 2 heterocycles. The number of hydrogen-bond donors (Lipinski definition) is 2. The third-order valence-electron chi connectivity index (χ3n) is 3.37. The van der Waals surface area contributed by atoms with Crippen LogP contribution < -0.4 is 5.32 Å². The minimum atomic E-state index is 0.586. The number of benzene rings is 1. The predicted molar refractivity (Wildman–Crippen MR) is 78.9 cm³/mol. The maximum Gasteiger partial charge on any atom is 0.295 e. The Morgan fingerprint density at radius 1 is 1.30 bits per heavy atom. The molecule has 0 unspecified atom stereocenters. The first-order chi connectivity index (χ1) is 9.76. The van der Waals surface area contributed by atoms with Crippen LogP contribution in [-0.4, -0.2) is 21.5 Å². The number of aromatic amines is 1. The molecule has 5 nitrogen and oxygen atoms in total. The van der Waals surface area contributed by atoms with Gasteiger partial charge in [-0.25, -0.2) is 4.98 Å². The van der Waals surface area contributed by atoms with Crippen molar-refractivity contribution in [3.05, 3.63) is 41.5 Å². The fourth-order valence-corrected chi connectivity index (χ4v) is 2.25. The molecule has 0 atom stereocenters. The summed E-state index contributed by atoms with van der Waals surface area (Å²) < 4.78 is 5.67. The van der Waals surface area contributed by atoms with Gasteiger partial charge in [-0.05, 0) is 44.4 Å². The summed E-state index contributed by atoms with van der Waals surface area (Å²) in [6.45, 7) is 4.87. The second-order valence-corrected chi connectivity index (χ2v) is 4.83. The first-order valence-corrected chi connectivity index (χ1v) is 6.88. The fraction of sp³-hybridized carbons (Fsp3) is 0.333. The van der Waals surface area contributed by atoms with Crippen LogP contribution in [0.25, 0.3) is 11.1 Å². The van der Waals surface area contributed by atoms with Crippen molar-refractivity contribution in [2.45, 2.75) is 26.7 Å². The molecule has 3 rings (SSSR count). The molecule has 0 fully saturated rings. The van der Waals surface area contributed by atoms with E-state index in [1.165, 1.54) is 5.56 Å². The lowest BCUT2D eigenvalue weighted by atomic mass is 10.1. The molecule has 0 amide bonds. The van der Waals surface area contributed by atoms with Crippen molar-refractivity contribution in [1.82, 2.24) is 15.0 Å². The molecule has 2 N–H and O–H groups in total. The lowest BCUT2D eigenvalue weighted by Gasteiger charge is -2.00. The summed E-state index contributed by atoms with van der Waals surface area (Å²) in [6.07, 6.45) is 3.61. The van der Waals surface area contributed by atoms with Gasteiger partial charge in [0.2, 0.25) is 0 Å². The van der Waals surface area contributed by atoms with Crippen LogP contribution in [0.4, 0.5) is 6.01 Å². The highest BCUT2D eigenvalue weighted by Crippen LogP contribution is 2.21. The fourth-order valence-electron chi connectivity index (χ4n) is 2.25. The summed E-state index contributed by atoms with van der Waals surface area (Å²) in [5.74, 6) is 0. The molecular weight excluding hydrogens is 252 g/mol. The Labute approximate surface area is 117 Å². The minimum Gasteiger partial charge on any atom is -0.424 e. The summed E-state index contributed by atoms with van der Waals surface area (Å²) in [4.78, 5) is 11.8. The van der Waals surface area contributed by atoms with Crippen LogP contribution in [0.1, 0.15) is 23.9 Å². The number of nitrogens with one attached hydrogen (secondary N) is 2. The molecule has 20 heavy (non-hydrogen) atoms. The van der Waals surface area contributed by atoms with Crippen LogP contribution in [0.5, 0.6) is 0 Å². The molecule has 0 spiro atoms. The van der Waals surface area contributed by atoms with Gasteiger partial charge in [0, 0.05) is 12.2 Å². The van der Waals surface area contributed by atoms with E-state index in [-0.39, 0.29) is 0 Å². The van der Waals surface area contributed by atoms with Gasteiger partial charge in [-0.1, -0.05) is 6.07 Å². The van der Waals surface area contributed by atoms with E-state index in [1.54, 1.807) is 6.33 Å². The second-order valence-electron chi connectivity index (χ2n) is 4.83. The third-order valence-corrected chi connectivity index (χ3v) is 3.37. The van der Waals surface area contributed by atoms with Crippen LogP contribution >= 0.6 is 0 Å². The van der Waals surface area contributed by atoms with Gasteiger partial charge in [-0.2, -0.15) is 4.98 Å². The Morgan fingerprint density at radius 2 is 2.20 bits per heavy atom. The number of oxazole rings is 1. The Bertz CT molecular complexity index is 714. The van der Waals surface area contributed by atoms with Crippen LogP contribution in [-0.2, 0) is 12.8 Å². The number of H-pyrrole nitrogens is 1. The second kappa shape index (κ2) is 5.36. The molecule has 5 heteroatoms. The molecule has 0 saturated heterocycles. The summed E-state index contributed by atoms with van der Waals surface area (Å²) >= 11 is 0. The summed E-state index contributed by atoms with van der Waals surface area (Å²) in [6, 6.07) is 6.75. The van der Waals surface area contributed by atoms with Crippen LogP contribution in [0.3, 0.4) is 0 Å². The predicted octanol–water partition coefficient (Wildman–Crippen LogP) is 3.08. The molecule has 0 aliphatic rings. The molecular formula is C15H18N4O. The van der Waals surface area contributed by atoms with Gasteiger partial charge in [0.05, 0.1) is 12.0 Å². The Kier molecular flexibility index (Phi) is 3.41. The number of fused-ring (bicyclic) bond motifs is 1. The van der Waals surface area contributed by atoms with Crippen molar-refractivity contribution < 1.29 is 4.42 Å². The van der Waals surface area contributed by atoms with Crippen molar-refractivity contribution in [2.24, 2.45) is 0 Å². The van der Waals surface area contributed by atoms with Gasteiger partial charge >= 0.3 is 0 Å². The number of hydrogen-bond acceptors (Lipinski definition) is 4. The normalized spacial score (nSPS) is 11.1. The maximum absolute atomic E-state index is 5.67. The molecule has 104 valence electrons. The van der Waals surface area contributed by atoms with E-state index < -0.39 is 0 Å². The lowest BCUT2D eigenvalue weighted by molar-refractivity contribution is 0.616. The zero-order chi connectivity index (χ0) is 13.9. The van der Waals surface area contributed by atoms with Crippen molar-refractivity contribution >= 4 is 17.1 Å². The van der Waals surface area contributed by atoms with Gasteiger partial charge in [0.15, 0.2) is 5.58 Å². The largest absolute Gasteiger partial charge is 0.424 e. The smallest absolute Gasteiger partial charge is 0.295 e. The Morgan fingerprint density at radius 3 is 2.95 bits per heavy atom. The molecule has 1 aromatic carbocycles. The number of anilines is 1. The average Bonchev–Trinajstić information content (AvgIpc) is 3.02. The van der Waals surface area contributed by atoms with E-state index in [0.29, 0.717) is 6.01 Å². The monoisotopic (exact) mass is 270 g/mol. The highest BCUT2D eigenvalue weighted by molar-refractivity contribution is 5.75. The van der Waals surface area contributed by atoms with E-state index in [4.69, 9.17) is 4.42 Å². The molecule has 0 aliphatic carbocycles. The van der Waals surface area contributed by atoms with E-state index in [2.05, 4.69) is 32.4 Å². The van der Waals surface area contributed by atoms with E-state index in [1.807, 2.05) is 19.9 Å². The quantitative estimate of drug-likeness (QED) is 0.747. The zero-order valence-electron chi connectivity index (χ0n) is 11.7. The molecule has 0 aliphatic heterocycles. The SMILES string of the molecule is CCNc1nc2ccc(CCc3nc[nH]c3C)cc2o1. The number of nitrogens with zero attached hydrogens (tertiary/aromatic N) is 2. The summed E-state index contributed by atoms with van der Waals surface area (Å²) in [7, 11) is 0. The number of rotatable bonds is 5. The molecule has 3 aromatic rings. The third kappa shape index (κ3) is 2.52. The topological polar surface area (TPSA) is 66.7 Å². The lowest BCUT2D eigenvalue weighted by Crippen LogP contribution is -1.95. The average molecular weight is 270 g/mol. The Balaban J connectivity index is 1.76. The highest BCUT2D eigenvalue weighted by Gasteiger charge is 2.07. The minimum absolute atomic E-state index is 0.586. The van der Waals surface area contributed by atoms with Gasteiger partial charge < -0.3 is 14.7 Å². The van der Waals surface area contributed by atoms with Crippen LogP contribution in [0.2, 0.25) is 0 Å². The van der Waals surface area contributed by atoms with Gasteiger partial charge in [0.1, 0.15) is 5.52 Å². The van der Waals surface area contributed by atoms with Gasteiger partial charge in [-0.3, -0.25) is 0 Å². The van der Waals surface area contributed by atoms with Gasteiger partial charge in [-0.15, -0.1) is 0 Å².